The fraction of sp³-hybridized carbons (Fsp3) is 0.261. The molecular formula is C23H23ClN2O5. The predicted molar refractivity (Wildman–Crippen MR) is 117 cm³/mol. The van der Waals surface area contributed by atoms with Crippen LogP contribution in [0.5, 0.6) is 5.75 Å². The fourth-order valence-corrected chi connectivity index (χ4v) is 3.25. The van der Waals surface area contributed by atoms with Crippen LogP contribution in [0.15, 0.2) is 48.5 Å². The Morgan fingerprint density at radius 1 is 1.03 bits per heavy atom. The molecule has 0 aliphatic heterocycles. The summed E-state index contributed by atoms with van der Waals surface area (Å²) in [6, 6.07) is 14.0. The highest BCUT2D eigenvalue weighted by Gasteiger charge is 2.32. The number of esters is 2. The average Bonchev–Trinajstić information content (AvgIpc) is 3.20. The summed E-state index contributed by atoms with van der Waals surface area (Å²) in [4.78, 5) is 25.5. The van der Waals surface area contributed by atoms with Crippen LogP contribution >= 0.6 is 11.6 Å². The molecule has 0 N–H and O–H groups in total. The van der Waals surface area contributed by atoms with Gasteiger partial charge in [-0.2, -0.15) is 5.10 Å². The number of hydrogen-bond acceptors (Lipinski definition) is 6. The third-order valence-electron chi connectivity index (χ3n) is 4.61. The fourth-order valence-electron chi connectivity index (χ4n) is 3.08. The Kier molecular flexibility index (Phi) is 7.31. The monoisotopic (exact) mass is 442 g/mol. The number of aromatic nitrogens is 2. The van der Waals surface area contributed by atoms with Gasteiger partial charge in [0.2, 0.25) is 0 Å². The molecule has 0 saturated carbocycles. The van der Waals surface area contributed by atoms with Gasteiger partial charge in [0.15, 0.2) is 5.69 Å². The van der Waals surface area contributed by atoms with Gasteiger partial charge < -0.3 is 14.2 Å². The quantitative estimate of drug-likeness (QED) is 0.363. The number of carbonyl (C=O) groups excluding carboxylic acids is 2. The first-order valence-electron chi connectivity index (χ1n) is 9.79. The molecule has 0 aliphatic carbocycles. The van der Waals surface area contributed by atoms with E-state index in [0.29, 0.717) is 28.6 Å². The second-order valence-corrected chi connectivity index (χ2v) is 7.08. The SMILES string of the molecule is CCCCOc1ccc(Cl)cc1-c1nn(-c2ccccc2)c(C(=O)OC)c1C(=O)OC. The molecule has 3 aromatic rings. The van der Waals surface area contributed by atoms with Crippen LogP contribution in [-0.2, 0) is 9.47 Å². The number of rotatable bonds is 8. The van der Waals surface area contributed by atoms with Gasteiger partial charge in [0, 0.05) is 10.6 Å². The molecule has 0 amide bonds. The molecule has 3 rings (SSSR count). The molecule has 0 fully saturated rings. The number of carbonyl (C=O) groups is 2. The zero-order valence-electron chi connectivity index (χ0n) is 17.6. The van der Waals surface area contributed by atoms with Crippen LogP contribution in [0.25, 0.3) is 16.9 Å². The molecule has 0 spiro atoms. The molecule has 1 heterocycles. The van der Waals surface area contributed by atoms with Crippen molar-refractivity contribution in [2.24, 2.45) is 0 Å². The number of nitrogens with zero attached hydrogens (tertiary/aromatic N) is 2. The van der Waals surface area contributed by atoms with Crippen molar-refractivity contribution in [2.75, 3.05) is 20.8 Å². The molecule has 1 aromatic heterocycles. The van der Waals surface area contributed by atoms with E-state index in [1.807, 2.05) is 6.07 Å². The zero-order valence-corrected chi connectivity index (χ0v) is 18.3. The number of unbranched alkanes of at least 4 members (excludes halogenated alkanes) is 1. The molecule has 31 heavy (non-hydrogen) atoms. The van der Waals surface area contributed by atoms with Crippen molar-refractivity contribution in [3.63, 3.8) is 0 Å². The third-order valence-corrected chi connectivity index (χ3v) is 4.84. The van der Waals surface area contributed by atoms with Crippen molar-refractivity contribution >= 4 is 23.5 Å². The van der Waals surface area contributed by atoms with Crippen molar-refractivity contribution in [3.05, 3.63) is 64.8 Å². The Morgan fingerprint density at radius 2 is 1.74 bits per heavy atom. The summed E-state index contributed by atoms with van der Waals surface area (Å²) in [7, 11) is 2.48. The van der Waals surface area contributed by atoms with Gasteiger partial charge >= 0.3 is 11.9 Å². The summed E-state index contributed by atoms with van der Waals surface area (Å²) in [5, 5.41) is 5.03. The number of benzene rings is 2. The van der Waals surface area contributed by atoms with Gasteiger partial charge in [0.05, 0.1) is 26.5 Å². The summed E-state index contributed by atoms with van der Waals surface area (Å²) < 4.78 is 17.2. The van der Waals surface area contributed by atoms with E-state index in [9.17, 15) is 9.59 Å². The van der Waals surface area contributed by atoms with Crippen LogP contribution in [0, 0.1) is 0 Å². The standard InChI is InChI=1S/C23H23ClN2O5/c1-4-5-13-31-18-12-11-15(24)14-17(18)20-19(22(27)29-2)21(23(28)30-3)26(25-20)16-9-7-6-8-10-16/h6-12,14H,4-5,13H2,1-3H3. The second kappa shape index (κ2) is 10.1. The third kappa shape index (κ3) is 4.72. The highest BCUT2D eigenvalue weighted by molar-refractivity contribution is 6.31. The van der Waals surface area contributed by atoms with Crippen molar-refractivity contribution < 1.29 is 23.8 Å². The first kappa shape index (κ1) is 22.4. The van der Waals surface area contributed by atoms with E-state index in [1.165, 1.54) is 18.9 Å². The minimum absolute atomic E-state index is 0.0270. The van der Waals surface area contributed by atoms with Gasteiger partial charge in [-0.25, -0.2) is 14.3 Å². The van der Waals surface area contributed by atoms with Crippen molar-refractivity contribution in [2.45, 2.75) is 19.8 Å². The molecule has 0 atom stereocenters. The van der Waals surface area contributed by atoms with E-state index in [-0.39, 0.29) is 17.0 Å². The molecular weight excluding hydrogens is 420 g/mol. The Balaban J connectivity index is 2.31. The number of halogens is 1. The molecule has 7 nitrogen and oxygen atoms in total. The number of hydrogen-bond donors (Lipinski definition) is 0. The normalized spacial score (nSPS) is 10.6. The number of ether oxygens (including phenoxy) is 3. The van der Waals surface area contributed by atoms with Gasteiger partial charge in [0.25, 0.3) is 0 Å². The van der Waals surface area contributed by atoms with Gasteiger partial charge in [-0.05, 0) is 36.8 Å². The minimum Gasteiger partial charge on any atom is -0.493 e. The first-order chi connectivity index (χ1) is 15.0. The first-order valence-corrected chi connectivity index (χ1v) is 10.2. The second-order valence-electron chi connectivity index (χ2n) is 6.65. The van der Waals surface area contributed by atoms with E-state index in [2.05, 4.69) is 12.0 Å². The van der Waals surface area contributed by atoms with Crippen molar-refractivity contribution in [1.82, 2.24) is 9.78 Å². The molecule has 0 bridgehead atoms. The summed E-state index contributed by atoms with van der Waals surface area (Å²) in [6.45, 7) is 2.55. The maximum Gasteiger partial charge on any atom is 0.357 e. The molecule has 0 radical (unpaired) electrons. The van der Waals surface area contributed by atoms with Gasteiger partial charge in [-0.1, -0.05) is 43.1 Å². The lowest BCUT2D eigenvalue weighted by Gasteiger charge is -2.11. The summed E-state index contributed by atoms with van der Waals surface area (Å²) in [5.41, 5.74) is 1.19. The molecule has 8 heteroatoms. The van der Waals surface area contributed by atoms with E-state index >= 15 is 0 Å². The number of methoxy groups -OCH3 is 2. The van der Waals surface area contributed by atoms with Crippen LogP contribution in [0.2, 0.25) is 5.02 Å². The van der Waals surface area contributed by atoms with E-state index in [0.717, 1.165) is 12.8 Å². The van der Waals surface area contributed by atoms with Gasteiger partial charge in [-0.15, -0.1) is 0 Å². The average molecular weight is 443 g/mol. The highest BCUT2D eigenvalue weighted by Crippen LogP contribution is 2.36. The molecule has 2 aromatic carbocycles. The van der Waals surface area contributed by atoms with E-state index < -0.39 is 11.9 Å². The predicted octanol–water partition coefficient (Wildman–Crippen LogP) is 4.94. The topological polar surface area (TPSA) is 79.7 Å². The van der Waals surface area contributed by atoms with Gasteiger partial charge in [-0.3, -0.25) is 0 Å². The van der Waals surface area contributed by atoms with Crippen molar-refractivity contribution in [3.8, 4) is 22.7 Å². The highest BCUT2D eigenvalue weighted by atomic mass is 35.5. The summed E-state index contributed by atoms with van der Waals surface area (Å²) in [6.07, 6.45) is 1.82. The molecule has 0 saturated heterocycles. The smallest absolute Gasteiger partial charge is 0.357 e. The molecule has 0 unspecified atom stereocenters. The van der Waals surface area contributed by atoms with Crippen LogP contribution in [-0.4, -0.2) is 42.5 Å². The Labute approximate surface area is 185 Å². The lowest BCUT2D eigenvalue weighted by atomic mass is 10.0. The Bertz CT molecular complexity index is 1080. The zero-order chi connectivity index (χ0) is 22.4. The molecule has 0 aliphatic rings. The number of para-hydroxylation sites is 1. The van der Waals surface area contributed by atoms with Crippen LogP contribution in [0.3, 0.4) is 0 Å². The lowest BCUT2D eigenvalue weighted by Crippen LogP contribution is -2.15. The summed E-state index contributed by atoms with van der Waals surface area (Å²) >= 11 is 6.25. The molecule has 162 valence electrons. The maximum atomic E-state index is 12.8. The maximum absolute atomic E-state index is 12.8. The van der Waals surface area contributed by atoms with Crippen LogP contribution < -0.4 is 4.74 Å². The Hall–Kier alpha value is -3.32. The van der Waals surface area contributed by atoms with E-state index in [1.54, 1.807) is 42.5 Å². The lowest BCUT2D eigenvalue weighted by molar-refractivity contribution is 0.0549. The van der Waals surface area contributed by atoms with Crippen LogP contribution in [0.1, 0.15) is 40.6 Å². The van der Waals surface area contributed by atoms with Crippen molar-refractivity contribution in [1.29, 1.82) is 0 Å². The Morgan fingerprint density at radius 3 is 2.39 bits per heavy atom. The summed E-state index contributed by atoms with van der Waals surface area (Å²) in [5.74, 6) is -0.951. The van der Waals surface area contributed by atoms with Crippen LogP contribution in [0.4, 0.5) is 0 Å². The minimum atomic E-state index is -0.725. The largest absolute Gasteiger partial charge is 0.493 e. The van der Waals surface area contributed by atoms with Gasteiger partial charge in [0.1, 0.15) is 17.0 Å². The van der Waals surface area contributed by atoms with E-state index in [4.69, 9.17) is 25.8 Å².